The van der Waals surface area contributed by atoms with Crippen LogP contribution in [-0.4, -0.2) is 48.9 Å². The molecule has 0 aliphatic rings. The van der Waals surface area contributed by atoms with Crippen LogP contribution < -0.4 is 10.7 Å². The quantitative estimate of drug-likeness (QED) is 0.252. The van der Waals surface area contributed by atoms with E-state index in [9.17, 15) is 13.2 Å². The van der Waals surface area contributed by atoms with Crippen molar-refractivity contribution in [3.63, 3.8) is 0 Å². The van der Waals surface area contributed by atoms with E-state index >= 15 is 0 Å². The molecule has 167 valence electrons. The van der Waals surface area contributed by atoms with Crippen molar-refractivity contribution >= 4 is 46.6 Å². The van der Waals surface area contributed by atoms with Gasteiger partial charge < -0.3 is 10.2 Å². The first kappa shape index (κ1) is 24.5. The SMILES string of the molecule is O=C(O)c1cc(S(=O)(=O)O)ccc1O.c1cc[c]([Sn]([c]2ccccc2)[c]2ccccc2)cc1. The van der Waals surface area contributed by atoms with Crippen molar-refractivity contribution in [2.24, 2.45) is 0 Å². The maximum atomic E-state index is 10.6. The van der Waals surface area contributed by atoms with Crippen LogP contribution in [0.25, 0.3) is 0 Å². The summed E-state index contributed by atoms with van der Waals surface area (Å²) in [7, 11) is -4.45. The summed E-state index contributed by atoms with van der Waals surface area (Å²) in [4.78, 5) is 9.89. The monoisotopic (exact) mass is 569 g/mol. The Labute approximate surface area is 199 Å². The molecule has 0 aromatic heterocycles. The summed E-state index contributed by atoms with van der Waals surface area (Å²) in [6.07, 6.45) is 0. The molecule has 0 heterocycles. The molecule has 0 amide bonds. The number of hydrogen-bond donors (Lipinski definition) is 3. The Balaban J connectivity index is 0.000000196. The van der Waals surface area contributed by atoms with Gasteiger partial charge >= 0.3 is 127 Å². The van der Waals surface area contributed by atoms with Crippen LogP contribution >= 0.6 is 0 Å². The van der Waals surface area contributed by atoms with Crippen LogP contribution in [0.5, 0.6) is 5.75 Å². The zero-order chi connectivity index (χ0) is 23.8. The van der Waals surface area contributed by atoms with Crippen molar-refractivity contribution in [1.29, 1.82) is 0 Å². The first-order chi connectivity index (χ1) is 15.8. The van der Waals surface area contributed by atoms with Crippen LogP contribution in [0.2, 0.25) is 0 Å². The zero-order valence-corrected chi connectivity index (χ0v) is 21.0. The number of phenols is 1. The van der Waals surface area contributed by atoms with E-state index in [1.54, 1.807) is 0 Å². The van der Waals surface area contributed by atoms with Gasteiger partial charge in [-0.1, -0.05) is 0 Å². The molecule has 0 saturated carbocycles. The van der Waals surface area contributed by atoms with Crippen molar-refractivity contribution in [1.82, 2.24) is 0 Å². The Kier molecular flexibility index (Phi) is 8.26. The number of carbonyl (C=O) groups is 1. The summed E-state index contributed by atoms with van der Waals surface area (Å²) in [6, 6.07) is 35.4. The fraction of sp³-hybridized carbons (Fsp3) is 0. The molecule has 0 spiro atoms. The molecular formula is C25H21O6SSn. The van der Waals surface area contributed by atoms with Crippen LogP contribution in [0.3, 0.4) is 0 Å². The molecule has 4 aromatic rings. The van der Waals surface area contributed by atoms with Crippen molar-refractivity contribution < 1.29 is 28.0 Å². The molecule has 33 heavy (non-hydrogen) atoms. The van der Waals surface area contributed by atoms with Crippen LogP contribution in [-0.2, 0) is 10.1 Å². The van der Waals surface area contributed by atoms with Gasteiger partial charge in [0.2, 0.25) is 0 Å². The van der Waals surface area contributed by atoms with E-state index in [1.165, 1.54) is 10.7 Å². The first-order valence-electron chi connectivity index (χ1n) is 9.84. The van der Waals surface area contributed by atoms with Gasteiger partial charge in [-0.25, -0.2) is 4.79 Å². The molecule has 0 aliphatic heterocycles. The molecule has 1 radical (unpaired) electrons. The second kappa shape index (κ2) is 11.1. The standard InChI is InChI=1S/C7H6O6S.3C6H5.Sn/c8-6-2-1-4(14(11,12)13)3-5(6)7(9)10;3*1-2-4-6-5-3-1;/h1-3,8H,(H,9,10)(H,11,12,13);3*1-5H;. The topological polar surface area (TPSA) is 112 Å². The van der Waals surface area contributed by atoms with Gasteiger partial charge in [-0.05, 0) is 18.2 Å². The Morgan fingerprint density at radius 1 is 0.667 bits per heavy atom. The van der Waals surface area contributed by atoms with E-state index in [2.05, 4.69) is 91.0 Å². The first-order valence-corrected chi connectivity index (χ1v) is 15.6. The average Bonchev–Trinajstić information content (AvgIpc) is 2.81. The second-order valence-electron chi connectivity index (χ2n) is 6.93. The van der Waals surface area contributed by atoms with Crippen molar-refractivity contribution in [3.05, 3.63) is 115 Å². The minimum atomic E-state index is -4.45. The second-order valence-corrected chi connectivity index (χ2v) is 15.4. The summed E-state index contributed by atoms with van der Waals surface area (Å²) in [5, 5.41) is 17.5. The van der Waals surface area contributed by atoms with Gasteiger partial charge in [0.15, 0.2) is 0 Å². The number of hydrogen-bond acceptors (Lipinski definition) is 4. The number of carboxylic acids is 1. The molecule has 6 nitrogen and oxygen atoms in total. The Morgan fingerprint density at radius 2 is 1.06 bits per heavy atom. The third-order valence-corrected chi connectivity index (χ3v) is 13.3. The molecule has 0 fully saturated rings. The van der Waals surface area contributed by atoms with Crippen molar-refractivity contribution in [3.8, 4) is 5.75 Å². The van der Waals surface area contributed by atoms with Gasteiger partial charge in [-0.2, -0.15) is 8.42 Å². The van der Waals surface area contributed by atoms with Crippen LogP contribution in [0.15, 0.2) is 114 Å². The molecule has 0 bridgehead atoms. The van der Waals surface area contributed by atoms with Crippen LogP contribution in [0.1, 0.15) is 10.4 Å². The summed E-state index contributed by atoms with van der Waals surface area (Å²) in [5.74, 6) is -2.04. The Hall–Kier alpha value is -3.14. The Bertz CT molecular complexity index is 1220. The molecule has 0 saturated heterocycles. The minimum absolute atomic E-state index is 0.565. The van der Waals surface area contributed by atoms with Gasteiger partial charge in [-0.15, -0.1) is 0 Å². The molecule has 4 aromatic carbocycles. The molecule has 0 atom stereocenters. The fourth-order valence-electron chi connectivity index (χ4n) is 3.16. The third kappa shape index (κ3) is 6.67. The summed E-state index contributed by atoms with van der Waals surface area (Å²) >= 11 is -1.98. The molecule has 8 heteroatoms. The number of rotatable bonds is 5. The van der Waals surface area contributed by atoms with Crippen molar-refractivity contribution in [2.45, 2.75) is 4.90 Å². The van der Waals surface area contributed by atoms with Crippen LogP contribution in [0, 0.1) is 0 Å². The fourth-order valence-corrected chi connectivity index (χ4v) is 11.0. The summed E-state index contributed by atoms with van der Waals surface area (Å²) in [6.45, 7) is 0. The van der Waals surface area contributed by atoms with E-state index in [0.29, 0.717) is 6.07 Å². The van der Waals surface area contributed by atoms with Gasteiger partial charge in [0, 0.05) is 0 Å². The molecular weight excluding hydrogens is 547 g/mol. The average molecular weight is 568 g/mol. The van der Waals surface area contributed by atoms with E-state index in [4.69, 9.17) is 14.8 Å². The maximum absolute atomic E-state index is 10.6. The molecule has 0 aliphatic carbocycles. The molecule has 3 N–H and O–H groups in total. The van der Waals surface area contributed by atoms with E-state index < -0.39 is 52.1 Å². The van der Waals surface area contributed by atoms with Gasteiger partial charge in [0.1, 0.15) is 11.3 Å². The van der Waals surface area contributed by atoms with Gasteiger partial charge in [-0.3, -0.25) is 4.55 Å². The zero-order valence-electron chi connectivity index (χ0n) is 17.4. The number of carboxylic acid groups (broad SMARTS) is 1. The summed E-state index contributed by atoms with van der Waals surface area (Å²) < 4.78 is 34.4. The van der Waals surface area contributed by atoms with Gasteiger partial charge in [0.05, 0.1) is 4.90 Å². The predicted octanol–water partition coefficient (Wildman–Crippen LogP) is 2.54. The van der Waals surface area contributed by atoms with E-state index in [0.717, 1.165) is 12.1 Å². The van der Waals surface area contributed by atoms with E-state index in [-0.39, 0.29) is 0 Å². The number of aromatic hydroxyl groups is 1. The van der Waals surface area contributed by atoms with Crippen molar-refractivity contribution in [2.75, 3.05) is 0 Å². The predicted molar refractivity (Wildman–Crippen MR) is 129 cm³/mol. The van der Waals surface area contributed by atoms with E-state index in [1.807, 2.05) is 0 Å². The number of benzene rings is 4. The molecule has 0 unspecified atom stereocenters. The third-order valence-electron chi connectivity index (χ3n) is 4.68. The van der Waals surface area contributed by atoms with Crippen LogP contribution in [0.4, 0.5) is 0 Å². The summed E-state index contributed by atoms with van der Waals surface area (Å²) in [5.41, 5.74) is -0.583. The number of aromatic carboxylic acids is 1. The van der Waals surface area contributed by atoms with Gasteiger partial charge in [0.25, 0.3) is 10.1 Å². The molecule has 4 rings (SSSR count). The normalized spacial score (nSPS) is 10.8. The Morgan fingerprint density at radius 3 is 1.39 bits per heavy atom.